The van der Waals surface area contributed by atoms with Crippen LogP contribution in [0.15, 0.2) is 36.5 Å². The molecule has 1 N–H and O–H groups in total. The minimum absolute atomic E-state index is 0.0485. The van der Waals surface area contributed by atoms with Crippen molar-refractivity contribution in [3.8, 4) is 0 Å². The maximum absolute atomic E-state index is 13.6. The van der Waals surface area contributed by atoms with Gasteiger partial charge >= 0.3 is 0 Å². The summed E-state index contributed by atoms with van der Waals surface area (Å²) in [5, 5.41) is 14.8. The molecule has 1 aliphatic carbocycles. The Kier molecular flexibility index (Phi) is 4.37. The molecule has 0 unspecified atom stereocenters. The Morgan fingerprint density at radius 2 is 2.04 bits per heavy atom. The van der Waals surface area contributed by atoms with Crippen LogP contribution in [0.4, 0.5) is 4.39 Å². The zero-order chi connectivity index (χ0) is 16.5. The van der Waals surface area contributed by atoms with E-state index in [0.717, 1.165) is 11.3 Å². The fourth-order valence-corrected chi connectivity index (χ4v) is 4.16. The topological polar surface area (TPSA) is 41.3 Å². The molecule has 0 amide bonds. The quantitative estimate of drug-likeness (QED) is 0.934. The summed E-state index contributed by atoms with van der Waals surface area (Å²) < 4.78 is 15.7. The Labute approximate surface area is 141 Å². The standard InChI is InChI=1S/C19H24FN3O/c20-15-5-3-4-14(10-15)19-11-18(24)13-22(19)12-16-8-9-23(21-16)17-6-1-2-7-17/h3-5,8-10,17-19,24H,1-2,6-7,11-13H2/t18-,19+/m1/s1. The van der Waals surface area contributed by atoms with Crippen molar-refractivity contribution < 1.29 is 9.50 Å². The second-order valence-corrected chi connectivity index (χ2v) is 7.12. The third-order valence-corrected chi connectivity index (χ3v) is 5.34. The van der Waals surface area contributed by atoms with Crippen LogP contribution in [-0.2, 0) is 6.54 Å². The van der Waals surface area contributed by atoms with Crippen molar-refractivity contribution in [3.05, 3.63) is 53.6 Å². The molecule has 2 aliphatic rings. The first-order valence-corrected chi connectivity index (χ1v) is 8.90. The molecule has 2 heterocycles. The summed E-state index contributed by atoms with van der Waals surface area (Å²) in [4.78, 5) is 2.21. The van der Waals surface area contributed by atoms with Gasteiger partial charge in [-0.3, -0.25) is 9.58 Å². The van der Waals surface area contributed by atoms with E-state index in [9.17, 15) is 9.50 Å². The van der Waals surface area contributed by atoms with E-state index < -0.39 is 0 Å². The summed E-state index contributed by atoms with van der Waals surface area (Å²) in [6, 6.07) is 9.38. The predicted molar refractivity (Wildman–Crippen MR) is 89.9 cm³/mol. The Bertz CT molecular complexity index is 695. The van der Waals surface area contributed by atoms with Gasteiger partial charge in [0.15, 0.2) is 0 Å². The van der Waals surface area contributed by atoms with Crippen molar-refractivity contribution >= 4 is 0 Å². The van der Waals surface area contributed by atoms with E-state index >= 15 is 0 Å². The first-order chi connectivity index (χ1) is 11.7. The van der Waals surface area contributed by atoms with Gasteiger partial charge in [0.25, 0.3) is 0 Å². The molecule has 2 aromatic rings. The number of aliphatic hydroxyl groups is 1. The first-order valence-electron chi connectivity index (χ1n) is 8.90. The van der Waals surface area contributed by atoms with Crippen LogP contribution in [0.25, 0.3) is 0 Å². The average Bonchev–Trinajstić information content (AvgIpc) is 3.28. The molecule has 0 radical (unpaired) electrons. The number of β-amino-alcohol motifs (C(OH)–C–C–N with tert-alkyl or cyclic N) is 1. The Morgan fingerprint density at radius 3 is 2.83 bits per heavy atom. The zero-order valence-corrected chi connectivity index (χ0v) is 13.8. The lowest BCUT2D eigenvalue weighted by Crippen LogP contribution is -2.24. The summed E-state index contributed by atoms with van der Waals surface area (Å²) in [6.07, 6.45) is 7.38. The minimum atomic E-state index is -0.366. The zero-order valence-electron chi connectivity index (χ0n) is 13.8. The Hall–Kier alpha value is -1.72. The van der Waals surface area contributed by atoms with Crippen molar-refractivity contribution in [1.82, 2.24) is 14.7 Å². The van der Waals surface area contributed by atoms with Crippen molar-refractivity contribution in [2.24, 2.45) is 0 Å². The van der Waals surface area contributed by atoms with E-state index in [1.165, 1.54) is 31.7 Å². The van der Waals surface area contributed by atoms with Gasteiger partial charge < -0.3 is 5.11 Å². The smallest absolute Gasteiger partial charge is 0.123 e. The number of benzene rings is 1. The number of aromatic nitrogens is 2. The largest absolute Gasteiger partial charge is 0.392 e. The molecule has 1 aromatic carbocycles. The van der Waals surface area contributed by atoms with Crippen LogP contribution in [0.1, 0.15) is 55.4 Å². The van der Waals surface area contributed by atoms with Crippen molar-refractivity contribution in [1.29, 1.82) is 0 Å². The molecule has 1 aromatic heterocycles. The number of hydrogen-bond acceptors (Lipinski definition) is 3. The molecule has 4 nitrogen and oxygen atoms in total. The van der Waals surface area contributed by atoms with E-state index in [2.05, 4.69) is 21.8 Å². The third-order valence-electron chi connectivity index (χ3n) is 5.34. The van der Waals surface area contributed by atoms with Crippen LogP contribution < -0.4 is 0 Å². The second-order valence-electron chi connectivity index (χ2n) is 7.12. The molecule has 1 aliphatic heterocycles. The fourth-order valence-electron chi connectivity index (χ4n) is 4.16. The highest BCUT2D eigenvalue weighted by molar-refractivity contribution is 5.22. The van der Waals surface area contributed by atoms with Crippen LogP contribution in [0.5, 0.6) is 0 Å². The average molecular weight is 329 g/mol. The summed E-state index contributed by atoms with van der Waals surface area (Å²) >= 11 is 0. The van der Waals surface area contributed by atoms with Gasteiger partial charge in [-0.1, -0.05) is 25.0 Å². The van der Waals surface area contributed by atoms with Crippen molar-refractivity contribution in [3.63, 3.8) is 0 Å². The molecule has 0 spiro atoms. The number of nitrogens with zero attached hydrogens (tertiary/aromatic N) is 3. The van der Waals surface area contributed by atoms with Crippen LogP contribution in [-0.4, -0.2) is 32.4 Å². The molecule has 2 atom stereocenters. The summed E-state index contributed by atoms with van der Waals surface area (Å²) in [7, 11) is 0. The van der Waals surface area contributed by atoms with Gasteiger partial charge in [-0.2, -0.15) is 5.10 Å². The van der Waals surface area contributed by atoms with Gasteiger partial charge in [-0.05, 0) is 43.0 Å². The Morgan fingerprint density at radius 1 is 1.21 bits per heavy atom. The van der Waals surface area contributed by atoms with Gasteiger partial charge in [0.1, 0.15) is 5.82 Å². The lowest BCUT2D eigenvalue weighted by Gasteiger charge is -2.23. The molecule has 1 saturated heterocycles. The lowest BCUT2D eigenvalue weighted by atomic mass is 10.0. The maximum atomic E-state index is 13.6. The van der Waals surface area contributed by atoms with Gasteiger partial charge in [0.2, 0.25) is 0 Å². The molecule has 2 fully saturated rings. The minimum Gasteiger partial charge on any atom is -0.392 e. The van der Waals surface area contributed by atoms with Gasteiger partial charge in [0, 0.05) is 25.3 Å². The summed E-state index contributed by atoms with van der Waals surface area (Å²) in [6.45, 7) is 1.30. The van der Waals surface area contributed by atoms with E-state index in [-0.39, 0.29) is 18.0 Å². The number of aliphatic hydroxyl groups excluding tert-OH is 1. The molecule has 4 rings (SSSR count). The van der Waals surface area contributed by atoms with Crippen LogP contribution in [0.2, 0.25) is 0 Å². The molecular formula is C19H24FN3O. The monoisotopic (exact) mass is 329 g/mol. The highest BCUT2D eigenvalue weighted by Crippen LogP contribution is 2.34. The summed E-state index contributed by atoms with van der Waals surface area (Å²) in [5.74, 6) is -0.223. The van der Waals surface area contributed by atoms with Gasteiger partial charge in [-0.25, -0.2) is 4.39 Å². The second kappa shape index (κ2) is 6.65. The first kappa shape index (κ1) is 15.8. The maximum Gasteiger partial charge on any atom is 0.123 e. The molecule has 128 valence electrons. The predicted octanol–water partition coefficient (Wildman–Crippen LogP) is 3.45. The number of hydrogen-bond donors (Lipinski definition) is 1. The van der Waals surface area contributed by atoms with Gasteiger partial charge in [-0.15, -0.1) is 0 Å². The number of halogens is 1. The fraction of sp³-hybridized carbons (Fsp3) is 0.526. The third kappa shape index (κ3) is 3.23. The highest BCUT2D eigenvalue weighted by atomic mass is 19.1. The molecule has 5 heteroatoms. The van der Waals surface area contributed by atoms with E-state index in [1.807, 2.05) is 6.07 Å². The highest BCUT2D eigenvalue weighted by Gasteiger charge is 2.32. The van der Waals surface area contributed by atoms with E-state index in [1.54, 1.807) is 12.1 Å². The molecule has 0 bridgehead atoms. The molecular weight excluding hydrogens is 305 g/mol. The normalized spacial score (nSPS) is 25.6. The SMILES string of the molecule is O[C@@H]1C[C@@H](c2cccc(F)c2)N(Cc2ccn(C3CCCC3)n2)C1. The van der Waals surface area contributed by atoms with Gasteiger partial charge in [0.05, 0.1) is 17.8 Å². The van der Waals surface area contributed by atoms with Crippen LogP contribution in [0, 0.1) is 5.82 Å². The van der Waals surface area contributed by atoms with Crippen molar-refractivity contribution in [2.75, 3.05) is 6.54 Å². The number of likely N-dealkylation sites (tertiary alicyclic amines) is 1. The summed E-state index contributed by atoms with van der Waals surface area (Å²) in [5.41, 5.74) is 1.96. The number of rotatable bonds is 4. The molecule has 1 saturated carbocycles. The van der Waals surface area contributed by atoms with Crippen LogP contribution >= 0.6 is 0 Å². The Balaban J connectivity index is 1.50. The van der Waals surface area contributed by atoms with E-state index in [0.29, 0.717) is 25.6 Å². The lowest BCUT2D eigenvalue weighted by molar-refractivity contribution is 0.172. The molecule has 24 heavy (non-hydrogen) atoms. The van der Waals surface area contributed by atoms with Crippen LogP contribution in [0.3, 0.4) is 0 Å². The van der Waals surface area contributed by atoms with Crippen molar-refractivity contribution in [2.45, 2.75) is 56.8 Å². The van der Waals surface area contributed by atoms with E-state index in [4.69, 9.17) is 5.10 Å².